The van der Waals surface area contributed by atoms with Crippen LogP contribution in [0.5, 0.6) is 0 Å². The van der Waals surface area contributed by atoms with Gasteiger partial charge in [-0.1, -0.05) is 0 Å². The second-order valence-electron chi connectivity index (χ2n) is 3.46. The van der Waals surface area contributed by atoms with Gasteiger partial charge in [0.25, 0.3) is 0 Å². The van der Waals surface area contributed by atoms with Crippen LogP contribution in [-0.4, -0.2) is 43.5 Å². The second-order valence-corrected chi connectivity index (χ2v) is 3.46. The van der Waals surface area contributed by atoms with Gasteiger partial charge >= 0.3 is 0 Å². The van der Waals surface area contributed by atoms with Crippen molar-refractivity contribution in [2.24, 2.45) is 5.73 Å². The van der Waals surface area contributed by atoms with E-state index >= 15 is 0 Å². The van der Waals surface area contributed by atoms with Gasteiger partial charge in [0.15, 0.2) is 0 Å². The lowest BCUT2D eigenvalue weighted by Crippen LogP contribution is -2.46. The van der Waals surface area contributed by atoms with Crippen LogP contribution >= 0.6 is 0 Å². The molecule has 4 heteroatoms. The molecular weight excluding hydrogens is 154 g/mol. The average molecular weight is 173 g/mol. The molecule has 4 nitrogen and oxygen atoms in total. The topological polar surface area (TPSA) is 58.4 Å². The minimum atomic E-state index is -0.422. The van der Waals surface area contributed by atoms with E-state index < -0.39 is 6.04 Å². The molecule has 0 fully saturated rings. The Morgan fingerprint density at radius 3 is 2.33 bits per heavy atom. The lowest BCUT2D eigenvalue weighted by atomic mass is 10.2. The van der Waals surface area contributed by atoms with Gasteiger partial charge in [-0.05, 0) is 27.9 Å². The first-order valence-electron chi connectivity index (χ1n) is 4.14. The van der Waals surface area contributed by atoms with E-state index in [4.69, 9.17) is 5.73 Å². The lowest BCUT2D eigenvalue weighted by molar-refractivity contribution is -0.122. The summed E-state index contributed by atoms with van der Waals surface area (Å²) in [4.78, 5) is 13.1. The molecule has 0 aliphatic carbocycles. The Bertz CT molecular complexity index is 145. The summed E-state index contributed by atoms with van der Waals surface area (Å²) in [5, 5.41) is 2.81. The third-order valence-electron chi connectivity index (χ3n) is 1.44. The number of hydrogen-bond acceptors (Lipinski definition) is 3. The van der Waals surface area contributed by atoms with Crippen molar-refractivity contribution in [2.75, 3.05) is 20.6 Å². The molecule has 0 saturated carbocycles. The van der Waals surface area contributed by atoms with Gasteiger partial charge in [-0.15, -0.1) is 0 Å². The number of nitrogens with one attached hydrogen (secondary N) is 1. The number of rotatable bonds is 4. The highest BCUT2D eigenvalue weighted by Crippen LogP contribution is 1.86. The van der Waals surface area contributed by atoms with Gasteiger partial charge in [0.05, 0.1) is 6.04 Å². The van der Waals surface area contributed by atoms with Crippen LogP contribution in [0.3, 0.4) is 0 Å². The maximum absolute atomic E-state index is 11.1. The number of amides is 1. The van der Waals surface area contributed by atoms with Crippen LogP contribution in [0.1, 0.15) is 13.8 Å². The van der Waals surface area contributed by atoms with Gasteiger partial charge in [0.2, 0.25) is 5.91 Å². The predicted molar refractivity (Wildman–Crippen MR) is 49.8 cm³/mol. The SMILES string of the molecule is CC(CN(C)C)NC(=O)[C@@H](C)N. The van der Waals surface area contributed by atoms with Gasteiger partial charge in [-0.3, -0.25) is 4.79 Å². The molecular formula is C8H19N3O. The average Bonchev–Trinajstić information content (AvgIpc) is 1.84. The molecule has 1 unspecified atom stereocenters. The third-order valence-corrected chi connectivity index (χ3v) is 1.44. The van der Waals surface area contributed by atoms with Crippen LogP contribution in [0.15, 0.2) is 0 Å². The smallest absolute Gasteiger partial charge is 0.236 e. The largest absolute Gasteiger partial charge is 0.351 e. The first-order valence-corrected chi connectivity index (χ1v) is 4.14. The van der Waals surface area contributed by atoms with Crippen LogP contribution < -0.4 is 11.1 Å². The molecule has 0 aromatic carbocycles. The third kappa shape index (κ3) is 5.09. The number of carbonyl (C=O) groups is 1. The van der Waals surface area contributed by atoms with Gasteiger partial charge in [-0.2, -0.15) is 0 Å². The van der Waals surface area contributed by atoms with Crippen LogP contribution in [0, 0.1) is 0 Å². The highest BCUT2D eigenvalue weighted by Gasteiger charge is 2.10. The molecule has 0 bridgehead atoms. The maximum Gasteiger partial charge on any atom is 0.236 e. The van der Waals surface area contributed by atoms with Gasteiger partial charge in [0.1, 0.15) is 0 Å². The molecule has 3 N–H and O–H groups in total. The van der Waals surface area contributed by atoms with E-state index in [0.717, 1.165) is 6.54 Å². The summed E-state index contributed by atoms with van der Waals surface area (Å²) in [6.07, 6.45) is 0. The minimum Gasteiger partial charge on any atom is -0.351 e. The standard InChI is InChI=1S/C8H19N3O/c1-6(5-11(3)4)10-8(12)7(2)9/h6-7H,5,9H2,1-4H3,(H,10,12)/t6?,7-/m1/s1. The first-order chi connectivity index (χ1) is 5.43. The molecule has 0 saturated heterocycles. The molecule has 12 heavy (non-hydrogen) atoms. The number of carbonyl (C=O) groups excluding carboxylic acids is 1. The minimum absolute atomic E-state index is 0.0932. The maximum atomic E-state index is 11.1. The van der Waals surface area contributed by atoms with E-state index in [1.165, 1.54) is 0 Å². The summed E-state index contributed by atoms with van der Waals surface area (Å²) < 4.78 is 0. The number of hydrogen-bond donors (Lipinski definition) is 2. The highest BCUT2D eigenvalue weighted by molar-refractivity contribution is 5.81. The van der Waals surface area contributed by atoms with E-state index in [1.807, 2.05) is 25.9 Å². The van der Waals surface area contributed by atoms with Gasteiger partial charge in [-0.25, -0.2) is 0 Å². The number of nitrogens with zero attached hydrogens (tertiary/aromatic N) is 1. The molecule has 72 valence electrons. The highest BCUT2D eigenvalue weighted by atomic mass is 16.2. The Morgan fingerprint density at radius 1 is 1.50 bits per heavy atom. The molecule has 0 aliphatic heterocycles. The summed E-state index contributed by atoms with van der Waals surface area (Å²) in [6, 6.07) is -0.270. The summed E-state index contributed by atoms with van der Waals surface area (Å²) in [6.45, 7) is 4.47. The number of nitrogens with two attached hydrogens (primary N) is 1. The fourth-order valence-corrected chi connectivity index (χ4v) is 0.968. The van der Waals surface area contributed by atoms with Crippen molar-refractivity contribution in [1.82, 2.24) is 10.2 Å². The van der Waals surface area contributed by atoms with E-state index in [9.17, 15) is 4.79 Å². The van der Waals surface area contributed by atoms with Crippen LogP contribution in [0.2, 0.25) is 0 Å². The summed E-state index contributed by atoms with van der Waals surface area (Å²) in [5.41, 5.74) is 5.39. The van der Waals surface area contributed by atoms with E-state index in [0.29, 0.717) is 0 Å². The Morgan fingerprint density at radius 2 is 2.00 bits per heavy atom. The van der Waals surface area contributed by atoms with E-state index in [-0.39, 0.29) is 11.9 Å². The van der Waals surface area contributed by atoms with Crippen molar-refractivity contribution >= 4 is 5.91 Å². The van der Waals surface area contributed by atoms with Gasteiger partial charge < -0.3 is 16.0 Å². The predicted octanol–water partition coefficient (Wildman–Crippen LogP) is -0.600. The fraction of sp³-hybridized carbons (Fsp3) is 0.875. The monoisotopic (exact) mass is 173 g/mol. The second kappa shape index (κ2) is 5.11. The van der Waals surface area contributed by atoms with Crippen LogP contribution in [0.4, 0.5) is 0 Å². The zero-order valence-corrected chi connectivity index (χ0v) is 8.29. The zero-order chi connectivity index (χ0) is 9.72. The molecule has 1 amide bonds. The molecule has 0 aromatic rings. The summed E-state index contributed by atoms with van der Waals surface area (Å²) in [5.74, 6) is -0.0932. The van der Waals surface area contributed by atoms with E-state index in [1.54, 1.807) is 6.92 Å². The number of likely N-dealkylation sites (N-methyl/N-ethyl adjacent to an activating group) is 1. The van der Waals surface area contributed by atoms with Crippen molar-refractivity contribution in [1.29, 1.82) is 0 Å². The Balaban J connectivity index is 3.69. The molecule has 0 aromatic heterocycles. The van der Waals surface area contributed by atoms with Crippen molar-refractivity contribution < 1.29 is 4.79 Å². The Labute approximate surface area is 74.1 Å². The molecule has 0 radical (unpaired) electrons. The molecule has 2 atom stereocenters. The van der Waals surface area contributed by atoms with Crippen molar-refractivity contribution in [3.8, 4) is 0 Å². The normalized spacial score (nSPS) is 15.8. The van der Waals surface area contributed by atoms with Crippen LogP contribution in [-0.2, 0) is 4.79 Å². The van der Waals surface area contributed by atoms with Crippen molar-refractivity contribution in [2.45, 2.75) is 25.9 Å². The summed E-state index contributed by atoms with van der Waals surface area (Å²) >= 11 is 0. The summed E-state index contributed by atoms with van der Waals surface area (Å²) in [7, 11) is 3.93. The Hall–Kier alpha value is -0.610. The van der Waals surface area contributed by atoms with Crippen molar-refractivity contribution in [3.05, 3.63) is 0 Å². The molecule has 0 spiro atoms. The quantitative estimate of drug-likeness (QED) is 0.597. The van der Waals surface area contributed by atoms with E-state index in [2.05, 4.69) is 5.32 Å². The molecule has 0 heterocycles. The fourth-order valence-electron chi connectivity index (χ4n) is 0.968. The first kappa shape index (κ1) is 11.4. The van der Waals surface area contributed by atoms with Crippen LogP contribution in [0.25, 0.3) is 0 Å². The van der Waals surface area contributed by atoms with Gasteiger partial charge in [0, 0.05) is 12.6 Å². The lowest BCUT2D eigenvalue weighted by Gasteiger charge is -2.19. The molecule has 0 rings (SSSR count). The van der Waals surface area contributed by atoms with Crippen molar-refractivity contribution in [3.63, 3.8) is 0 Å². The Kier molecular flexibility index (Phi) is 4.85. The molecule has 0 aliphatic rings. The zero-order valence-electron chi connectivity index (χ0n) is 8.29.